The third-order valence-corrected chi connectivity index (χ3v) is 3.15. The topological polar surface area (TPSA) is 52.6 Å². The predicted molar refractivity (Wildman–Crippen MR) is 65.8 cm³/mol. The molecule has 1 fully saturated rings. The third-order valence-electron chi connectivity index (χ3n) is 3.15. The summed E-state index contributed by atoms with van der Waals surface area (Å²) in [7, 11) is 0. The van der Waals surface area contributed by atoms with Gasteiger partial charge in [0.1, 0.15) is 5.82 Å². The van der Waals surface area contributed by atoms with Crippen molar-refractivity contribution in [1.29, 1.82) is 0 Å². The highest BCUT2D eigenvalue weighted by Crippen LogP contribution is 2.15. The first-order chi connectivity index (χ1) is 8.65. The van der Waals surface area contributed by atoms with Gasteiger partial charge in [-0.2, -0.15) is 0 Å². The first-order valence-electron chi connectivity index (χ1n) is 6.11. The van der Waals surface area contributed by atoms with E-state index in [1.54, 1.807) is 12.1 Å². The van der Waals surface area contributed by atoms with Gasteiger partial charge in [-0.3, -0.25) is 4.90 Å². The lowest BCUT2D eigenvalue weighted by atomic mass is 10.1. The van der Waals surface area contributed by atoms with Gasteiger partial charge in [-0.25, -0.2) is 9.18 Å². The third kappa shape index (κ3) is 3.43. The van der Waals surface area contributed by atoms with Gasteiger partial charge in [-0.15, -0.1) is 0 Å². The maximum atomic E-state index is 13.5. The normalized spacial score (nSPS) is 15.8. The maximum Gasteiger partial charge on any atom is 0.404 e. The highest BCUT2D eigenvalue weighted by Gasteiger charge is 2.13. The van der Waals surface area contributed by atoms with Crippen LogP contribution in [0.3, 0.4) is 0 Å². The number of likely N-dealkylation sites (tertiary alicyclic amines) is 1. The largest absolute Gasteiger partial charge is 0.465 e. The maximum absolute atomic E-state index is 13.5. The van der Waals surface area contributed by atoms with Crippen LogP contribution >= 0.6 is 0 Å². The fourth-order valence-electron chi connectivity index (χ4n) is 2.23. The summed E-state index contributed by atoms with van der Waals surface area (Å²) in [5.41, 5.74) is 1.43. The lowest BCUT2D eigenvalue weighted by Crippen LogP contribution is -2.21. The molecule has 4 nitrogen and oxygen atoms in total. The van der Waals surface area contributed by atoms with Crippen molar-refractivity contribution in [1.82, 2.24) is 10.2 Å². The molecule has 5 heteroatoms. The van der Waals surface area contributed by atoms with Crippen molar-refractivity contribution in [2.24, 2.45) is 0 Å². The Labute approximate surface area is 105 Å². The van der Waals surface area contributed by atoms with Gasteiger partial charge in [0.2, 0.25) is 0 Å². The second kappa shape index (κ2) is 5.82. The summed E-state index contributed by atoms with van der Waals surface area (Å²) in [5.74, 6) is -0.367. The highest BCUT2D eigenvalue weighted by molar-refractivity contribution is 5.64. The molecule has 1 aliphatic rings. The fraction of sp³-hybridized carbons (Fsp3) is 0.462. The Morgan fingerprint density at radius 2 is 2.11 bits per heavy atom. The standard InChI is InChI=1S/C13H17FN2O2/c14-12-4-3-10(9-16-5-1-2-6-16)7-11(12)8-15-13(17)18/h3-4,7,15H,1-2,5-6,8-9H2,(H,17,18). The van der Waals surface area contributed by atoms with Gasteiger partial charge in [0.05, 0.1) is 0 Å². The van der Waals surface area contributed by atoms with E-state index in [1.807, 2.05) is 0 Å². The first kappa shape index (κ1) is 12.8. The number of carbonyl (C=O) groups is 1. The molecule has 1 heterocycles. The number of nitrogens with one attached hydrogen (secondary N) is 1. The molecule has 1 aromatic carbocycles. The Kier molecular flexibility index (Phi) is 4.15. The zero-order chi connectivity index (χ0) is 13.0. The van der Waals surface area contributed by atoms with Crippen LogP contribution in [0.4, 0.5) is 9.18 Å². The second-order valence-electron chi connectivity index (χ2n) is 4.57. The van der Waals surface area contributed by atoms with Gasteiger partial charge in [0, 0.05) is 18.7 Å². The van der Waals surface area contributed by atoms with Gasteiger partial charge >= 0.3 is 6.09 Å². The molecule has 0 atom stereocenters. The summed E-state index contributed by atoms with van der Waals surface area (Å²) in [6.45, 7) is 2.98. The van der Waals surface area contributed by atoms with Crippen molar-refractivity contribution in [2.45, 2.75) is 25.9 Å². The summed E-state index contributed by atoms with van der Waals surface area (Å²) in [4.78, 5) is 12.7. The quantitative estimate of drug-likeness (QED) is 0.863. The monoisotopic (exact) mass is 252 g/mol. The van der Waals surface area contributed by atoms with E-state index in [9.17, 15) is 9.18 Å². The molecule has 0 aromatic heterocycles. The minimum atomic E-state index is -1.14. The Bertz CT molecular complexity index is 431. The number of carboxylic acid groups (broad SMARTS) is 1. The SMILES string of the molecule is O=C(O)NCc1cc(CN2CCCC2)ccc1F. The van der Waals surface area contributed by atoms with Crippen LogP contribution in [-0.2, 0) is 13.1 Å². The summed E-state index contributed by atoms with van der Waals surface area (Å²) in [6, 6.07) is 4.91. The molecular weight excluding hydrogens is 235 g/mol. The van der Waals surface area contributed by atoms with Crippen LogP contribution in [0.25, 0.3) is 0 Å². The van der Waals surface area contributed by atoms with Crippen LogP contribution in [0.15, 0.2) is 18.2 Å². The van der Waals surface area contributed by atoms with Crippen LogP contribution in [-0.4, -0.2) is 29.2 Å². The number of halogens is 1. The van der Waals surface area contributed by atoms with Gasteiger partial charge in [-0.1, -0.05) is 6.07 Å². The van der Waals surface area contributed by atoms with Crippen molar-refractivity contribution in [3.63, 3.8) is 0 Å². The smallest absolute Gasteiger partial charge is 0.404 e. The minimum Gasteiger partial charge on any atom is -0.465 e. The van der Waals surface area contributed by atoms with E-state index in [-0.39, 0.29) is 12.4 Å². The van der Waals surface area contributed by atoms with Gasteiger partial charge in [-0.05, 0) is 43.6 Å². The Balaban J connectivity index is 2.02. The van der Waals surface area contributed by atoms with E-state index in [1.165, 1.54) is 18.9 Å². The molecule has 1 aromatic rings. The molecule has 2 N–H and O–H groups in total. The second-order valence-corrected chi connectivity index (χ2v) is 4.57. The molecule has 0 radical (unpaired) electrons. The molecule has 2 rings (SSSR count). The number of hydrogen-bond donors (Lipinski definition) is 2. The zero-order valence-electron chi connectivity index (χ0n) is 10.2. The molecule has 0 saturated carbocycles. The molecule has 0 bridgehead atoms. The summed E-state index contributed by atoms with van der Waals surface area (Å²) >= 11 is 0. The molecular formula is C13H17FN2O2. The van der Waals surface area contributed by atoms with Crippen LogP contribution in [0, 0.1) is 5.82 Å². The molecule has 1 aliphatic heterocycles. The molecule has 18 heavy (non-hydrogen) atoms. The van der Waals surface area contributed by atoms with Crippen molar-refractivity contribution >= 4 is 6.09 Å². The molecule has 0 unspecified atom stereocenters. The molecule has 98 valence electrons. The number of rotatable bonds is 4. The van der Waals surface area contributed by atoms with E-state index in [0.717, 1.165) is 25.2 Å². The van der Waals surface area contributed by atoms with E-state index < -0.39 is 6.09 Å². The summed E-state index contributed by atoms with van der Waals surface area (Å²) in [6.07, 6.45) is 1.29. The van der Waals surface area contributed by atoms with E-state index in [0.29, 0.717) is 5.56 Å². The average molecular weight is 252 g/mol. The summed E-state index contributed by atoms with van der Waals surface area (Å²) in [5, 5.41) is 10.7. The van der Waals surface area contributed by atoms with Crippen LogP contribution in [0.5, 0.6) is 0 Å². The van der Waals surface area contributed by atoms with E-state index in [4.69, 9.17) is 5.11 Å². The zero-order valence-corrected chi connectivity index (χ0v) is 10.2. The number of benzene rings is 1. The Hall–Kier alpha value is -1.62. The summed E-state index contributed by atoms with van der Waals surface area (Å²) < 4.78 is 13.5. The average Bonchev–Trinajstić information content (AvgIpc) is 2.82. The fourth-order valence-corrected chi connectivity index (χ4v) is 2.23. The van der Waals surface area contributed by atoms with E-state index >= 15 is 0 Å². The first-order valence-corrected chi connectivity index (χ1v) is 6.11. The molecule has 0 spiro atoms. The number of amides is 1. The van der Waals surface area contributed by atoms with Crippen LogP contribution in [0.1, 0.15) is 24.0 Å². The number of nitrogens with zero attached hydrogens (tertiary/aromatic N) is 1. The number of hydrogen-bond acceptors (Lipinski definition) is 2. The van der Waals surface area contributed by atoms with Crippen molar-refractivity contribution < 1.29 is 14.3 Å². The van der Waals surface area contributed by atoms with E-state index in [2.05, 4.69) is 10.2 Å². The Morgan fingerprint density at radius 1 is 1.39 bits per heavy atom. The predicted octanol–water partition coefficient (Wildman–Crippen LogP) is 2.19. The van der Waals surface area contributed by atoms with Gasteiger partial charge in [0.15, 0.2) is 0 Å². The highest BCUT2D eigenvalue weighted by atomic mass is 19.1. The molecule has 1 saturated heterocycles. The van der Waals surface area contributed by atoms with Crippen LogP contribution < -0.4 is 5.32 Å². The van der Waals surface area contributed by atoms with Gasteiger partial charge in [0.25, 0.3) is 0 Å². The van der Waals surface area contributed by atoms with Crippen molar-refractivity contribution in [3.8, 4) is 0 Å². The molecule has 0 aliphatic carbocycles. The van der Waals surface area contributed by atoms with Crippen molar-refractivity contribution in [3.05, 3.63) is 35.1 Å². The van der Waals surface area contributed by atoms with Crippen molar-refractivity contribution in [2.75, 3.05) is 13.1 Å². The van der Waals surface area contributed by atoms with Crippen LogP contribution in [0.2, 0.25) is 0 Å². The van der Waals surface area contributed by atoms with Gasteiger partial charge < -0.3 is 10.4 Å². The Morgan fingerprint density at radius 3 is 2.78 bits per heavy atom. The lowest BCUT2D eigenvalue weighted by molar-refractivity contribution is 0.194. The lowest BCUT2D eigenvalue weighted by Gasteiger charge is -2.15. The molecule has 1 amide bonds. The minimum absolute atomic E-state index is 0.00894.